The van der Waals surface area contributed by atoms with Crippen LogP contribution >= 0.6 is 11.8 Å². The van der Waals surface area contributed by atoms with Gasteiger partial charge in [0.05, 0.1) is 0 Å². The Bertz CT molecular complexity index is 395. The van der Waals surface area contributed by atoms with Crippen LogP contribution in [0.1, 0.15) is 5.56 Å². The highest BCUT2D eigenvalue weighted by Gasteiger charge is 2.04. The van der Waals surface area contributed by atoms with Gasteiger partial charge in [-0.25, -0.2) is 4.98 Å². The van der Waals surface area contributed by atoms with E-state index in [1.165, 1.54) is 11.1 Å². The number of imidazole rings is 1. The van der Waals surface area contributed by atoms with E-state index in [0.29, 0.717) is 0 Å². The van der Waals surface area contributed by atoms with Crippen LogP contribution in [0.3, 0.4) is 0 Å². The second-order valence-corrected chi connectivity index (χ2v) is 3.89. The summed E-state index contributed by atoms with van der Waals surface area (Å²) in [5.41, 5.74) is 2.53. The number of hydrogen-bond acceptors (Lipinski definition) is 2. The Morgan fingerprint density at radius 3 is 2.93 bits per heavy atom. The molecule has 0 aliphatic carbocycles. The van der Waals surface area contributed by atoms with Gasteiger partial charge in [0.15, 0.2) is 0 Å². The highest BCUT2D eigenvalue weighted by atomic mass is 32.2. The predicted molar refractivity (Wildman–Crippen MR) is 61.2 cm³/mol. The van der Waals surface area contributed by atoms with E-state index in [1.807, 2.05) is 24.0 Å². The molecule has 2 nitrogen and oxygen atoms in total. The summed E-state index contributed by atoms with van der Waals surface area (Å²) in [6.45, 7) is 0. The maximum absolute atomic E-state index is 4.26. The fourth-order valence-corrected chi connectivity index (χ4v) is 2.01. The van der Waals surface area contributed by atoms with Crippen LogP contribution in [-0.2, 0) is 5.75 Å². The van der Waals surface area contributed by atoms with Crippen LogP contribution in [0.2, 0.25) is 0 Å². The number of nitrogens with one attached hydrogen (secondary N) is 1. The van der Waals surface area contributed by atoms with E-state index >= 15 is 0 Å². The van der Waals surface area contributed by atoms with Crippen LogP contribution in [0, 0.1) is 0 Å². The molecule has 0 amide bonds. The standard InChI is InChI=1S/C11H12N2S/c1-14-8-9-4-2-3-5-10(9)11-12-6-7-13-11/h2-7H,8H2,1H3,(H,12,13). The van der Waals surface area contributed by atoms with Gasteiger partial charge in [-0.15, -0.1) is 0 Å². The van der Waals surface area contributed by atoms with Crippen LogP contribution in [-0.4, -0.2) is 16.2 Å². The first-order valence-corrected chi connectivity index (χ1v) is 5.88. The van der Waals surface area contributed by atoms with Crippen molar-refractivity contribution in [1.82, 2.24) is 9.97 Å². The minimum Gasteiger partial charge on any atom is -0.345 e. The summed E-state index contributed by atoms with van der Waals surface area (Å²) in [6.07, 6.45) is 5.75. The van der Waals surface area contributed by atoms with Crippen molar-refractivity contribution in [3.63, 3.8) is 0 Å². The van der Waals surface area contributed by atoms with Crippen molar-refractivity contribution in [3.05, 3.63) is 42.2 Å². The number of thioether (sulfide) groups is 1. The minimum absolute atomic E-state index is 0.953. The Hall–Kier alpha value is -1.22. The maximum atomic E-state index is 4.26. The van der Waals surface area contributed by atoms with E-state index in [4.69, 9.17) is 0 Å². The molecule has 72 valence electrons. The summed E-state index contributed by atoms with van der Waals surface area (Å²) in [4.78, 5) is 7.40. The molecule has 0 saturated carbocycles. The average Bonchev–Trinajstić information content (AvgIpc) is 2.72. The Balaban J connectivity index is 2.42. The number of hydrogen-bond donors (Lipinski definition) is 1. The number of aromatic nitrogens is 2. The smallest absolute Gasteiger partial charge is 0.137 e. The molecule has 0 radical (unpaired) electrons. The van der Waals surface area contributed by atoms with Gasteiger partial charge < -0.3 is 4.98 Å². The van der Waals surface area contributed by atoms with Gasteiger partial charge in [-0.3, -0.25) is 0 Å². The second kappa shape index (κ2) is 4.33. The first-order chi connectivity index (χ1) is 6.92. The molecule has 0 aliphatic rings. The third kappa shape index (κ3) is 1.82. The Morgan fingerprint density at radius 1 is 1.36 bits per heavy atom. The molecule has 1 heterocycles. The third-order valence-electron chi connectivity index (χ3n) is 2.07. The molecule has 1 N–H and O–H groups in total. The first-order valence-electron chi connectivity index (χ1n) is 4.48. The van der Waals surface area contributed by atoms with E-state index in [2.05, 4.69) is 34.4 Å². The molecule has 2 rings (SSSR count). The largest absolute Gasteiger partial charge is 0.345 e. The summed E-state index contributed by atoms with van der Waals surface area (Å²) in [6, 6.07) is 8.36. The van der Waals surface area contributed by atoms with Crippen LogP contribution in [0.5, 0.6) is 0 Å². The van der Waals surface area contributed by atoms with Gasteiger partial charge >= 0.3 is 0 Å². The molecule has 1 aromatic heterocycles. The minimum atomic E-state index is 0.953. The van der Waals surface area contributed by atoms with Crippen molar-refractivity contribution in [2.45, 2.75) is 5.75 Å². The van der Waals surface area contributed by atoms with Gasteiger partial charge in [-0.1, -0.05) is 24.3 Å². The SMILES string of the molecule is CSCc1ccccc1-c1ncc[nH]1. The zero-order chi connectivity index (χ0) is 9.80. The lowest BCUT2D eigenvalue weighted by atomic mass is 10.1. The number of nitrogens with zero attached hydrogens (tertiary/aromatic N) is 1. The van der Waals surface area contributed by atoms with E-state index in [1.54, 1.807) is 6.20 Å². The van der Waals surface area contributed by atoms with Crippen molar-refractivity contribution in [1.29, 1.82) is 0 Å². The number of benzene rings is 1. The topological polar surface area (TPSA) is 28.7 Å². The maximum Gasteiger partial charge on any atom is 0.137 e. The van der Waals surface area contributed by atoms with E-state index in [0.717, 1.165) is 11.6 Å². The van der Waals surface area contributed by atoms with Gasteiger partial charge in [0, 0.05) is 23.7 Å². The average molecular weight is 204 g/mol. The summed E-state index contributed by atoms with van der Waals surface area (Å²) in [5.74, 6) is 1.98. The number of H-pyrrole nitrogens is 1. The normalized spacial score (nSPS) is 10.4. The van der Waals surface area contributed by atoms with Crippen LogP contribution in [0.15, 0.2) is 36.7 Å². The van der Waals surface area contributed by atoms with Gasteiger partial charge in [0.25, 0.3) is 0 Å². The molecule has 2 aromatic rings. The van der Waals surface area contributed by atoms with Gasteiger partial charge in [0.2, 0.25) is 0 Å². The summed E-state index contributed by atoms with van der Waals surface area (Å²) < 4.78 is 0. The van der Waals surface area contributed by atoms with E-state index in [9.17, 15) is 0 Å². The number of rotatable bonds is 3. The van der Waals surface area contributed by atoms with E-state index in [-0.39, 0.29) is 0 Å². The zero-order valence-corrected chi connectivity index (χ0v) is 8.84. The monoisotopic (exact) mass is 204 g/mol. The first kappa shape index (κ1) is 9.34. The van der Waals surface area contributed by atoms with Crippen molar-refractivity contribution >= 4 is 11.8 Å². The van der Waals surface area contributed by atoms with Crippen molar-refractivity contribution < 1.29 is 0 Å². The number of aromatic amines is 1. The molecule has 0 spiro atoms. The third-order valence-corrected chi connectivity index (χ3v) is 2.67. The fourth-order valence-electron chi connectivity index (χ4n) is 1.45. The van der Waals surface area contributed by atoms with Crippen molar-refractivity contribution in [3.8, 4) is 11.4 Å². The summed E-state index contributed by atoms with van der Waals surface area (Å²) >= 11 is 1.82. The highest BCUT2D eigenvalue weighted by Crippen LogP contribution is 2.22. The molecule has 3 heteroatoms. The molecule has 0 fully saturated rings. The van der Waals surface area contributed by atoms with Crippen molar-refractivity contribution in [2.24, 2.45) is 0 Å². The van der Waals surface area contributed by atoms with Crippen LogP contribution in [0.25, 0.3) is 11.4 Å². The molecule has 14 heavy (non-hydrogen) atoms. The van der Waals surface area contributed by atoms with Gasteiger partial charge in [-0.2, -0.15) is 11.8 Å². The quantitative estimate of drug-likeness (QED) is 0.832. The molecule has 0 atom stereocenters. The van der Waals surface area contributed by atoms with Gasteiger partial charge in [0.1, 0.15) is 5.82 Å². The van der Waals surface area contributed by atoms with Crippen LogP contribution in [0.4, 0.5) is 0 Å². The lowest BCUT2D eigenvalue weighted by Crippen LogP contribution is -1.88. The molecule has 0 saturated heterocycles. The second-order valence-electron chi connectivity index (χ2n) is 3.03. The molecular weight excluding hydrogens is 192 g/mol. The zero-order valence-electron chi connectivity index (χ0n) is 8.03. The van der Waals surface area contributed by atoms with E-state index < -0.39 is 0 Å². The highest BCUT2D eigenvalue weighted by molar-refractivity contribution is 7.97. The lowest BCUT2D eigenvalue weighted by molar-refractivity contribution is 1.28. The van der Waals surface area contributed by atoms with Gasteiger partial charge in [-0.05, 0) is 11.8 Å². The molecule has 0 unspecified atom stereocenters. The van der Waals surface area contributed by atoms with Crippen LogP contribution < -0.4 is 0 Å². The molecule has 0 bridgehead atoms. The molecule has 0 aliphatic heterocycles. The predicted octanol–water partition coefficient (Wildman–Crippen LogP) is 2.94. The Morgan fingerprint density at radius 2 is 2.21 bits per heavy atom. The summed E-state index contributed by atoms with van der Waals surface area (Å²) in [7, 11) is 0. The van der Waals surface area contributed by atoms with Crippen molar-refractivity contribution in [2.75, 3.05) is 6.26 Å². The molecular formula is C11H12N2S. The molecule has 1 aromatic carbocycles. The lowest BCUT2D eigenvalue weighted by Gasteiger charge is -2.04. The Labute approximate surface area is 87.8 Å². The Kier molecular flexibility index (Phi) is 2.89. The summed E-state index contributed by atoms with van der Waals surface area (Å²) in [5, 5.41) is 0. The fraction of sp³-hybridized carbons (Fsp3) is 0.182.